The third-order valence-corrected chi connectivity index (χ3v) is 8.51. The molecule has 39 heavy (non-hydrogen) atoms. The summed E-state index contributed by atoms with van der Waals surface area (Å²) in [6.07, 6.45) is 11.1. The van der Waals surface area contributed by atoms with Gasteiger partial charge in [-0.15, -0.1) is 0 Å². The Labute approximate surface area is 230 Å². The summed E-state index contributed by atoms with van der Waals surface area (Å²) in [5.41, 5.74) is 4.18. The highest BCUT2D eigenvalue weighted by molar-refractivity contribution is 5.79. The Morgan fingerprint density at radius 1 is 1.15 bits per heavy atom. The van der Waals surface area contributed by atoms with E-state index in [0.29, 0.717) is 12.3 Å². The lowest BCUT2D eigenvalue weighted by atomic mass is 9.74. The van der Waals surface area contributed by atoms with E-state index in [1.807, 2.05) is 38.1 Å². The highest BCUT2D eigenvalue weighted by atomic mass is 16.5. The average molecular weight is 533 g/mol. The van der Waals surface area contributed by atoms with E-state index in [4.69, 9.17) is 19.1 Å². The van der Waals surface area contributed by atoms with Crippen LogP contribution in [-0.2, 0) is 11.2 Å². The van der Waals surface area contributed by atoms with Crippen molar-refractivity contribution in [1.82, 2.24) is 20.3 Å². The summed E-state index contributed by atoms with van der Waals surface area (Å²) >= 11 is 0. The molecule has 0 aromatic carbocycles. The fraction of sp³-hybridized carbons (Fsp3) is 0.548. The first kappa shape index (κ1) is 27.3. The van der Waals surface area contributed by atoms with Crippen LogP contribution in [-0.4, -0.2) is 39.2 Å². The number of carbonyl (C=O) groups is 1. The van der Waals surface area contributed by atoms with E-state index in [1.165, 1.54) is 6.42 Å². The second-order valence-electron chi connectivity index (χ2n) is 11.0. The van der Waals surface area contributed by atoms with Crippen molar-refractivity contribution < 1.29 is 19.1 Å². The molecule has 2 saturated carbocycles. The standard InChI is InChI=1S/C31H40N4O4/c1-4-29-34-26(18-39-29)21-14-15-32-25(16-21)30(35-31(37)20-8-6-5-7-9-20)22-10-11-23(27(36)17-22)24-12-13-28(38-3)19(2)33-24/h12-16,18,20,22-23,27,30,36H,4-11,17H2,1-3H3,(H,35,37). The minimum Gasteiger partial charge on any atom is -0.495 e. The zero-order valence-corrected chi connectivity index (χ0v) is 23.2. The number of aryl methyl sites for hydroxylation is 2. The predicted octanol–water partition coefficient (Wildman–Crippen LogP) is 5.69. The number of aliphatic hydroxyl groups is 1. The zero-order valence-electron chi connectivity index (χ0n) is 23.2. The molecule has 5 rings (SSSR count). The van der Waals surface area contributed by atoms with Crippen molar-refractivity contribution in [1.29, 1.82) is 0 Å². The number of methoxy groups -OCH3 is 1. The molecule has 0 radical (unpaired) electrons. The van der Waals surface area contributed by atoms with Crippen LogP contribution in [0.5, 0.6) is 5.75 Å². The van der Waals surface area contributed by atoms with Crippen molar-refractivity contribution in [3.05, 3.63) is 59.7 Å². The summed E-state index contributed by atoms with van der Waals surface area (Å²) in [5, 5.41) is 14.7. The van der Waals surface area contributed by atoms with Crippen molar-refractivity contribution in [3.8, 4) is 17.0 Å². The third kappa shape index (κ3) is 6.16. The number of hydrogen-bond acceptors (Lipinski definition) is 7. The SMILES string of the molecule is CCc1nc(-c2ccnc(C(NC(=O)C3CCCCC3)C3CCC(c4ccc(OC)c(C)n4)C(O)C3)c2)co1. The average Bonchev–Trinajstić information content (AvgIpc) is 3.46. The fourth-order valence-corrected chi connectivity index (χ4v) is 6.27. The van der Waals surface area contributed by atoms with Gasteiger partial charge in [0.15, 0.2) is 5.89 Å². The molecule has 3 aromatic rings. The molecule has 2 N–H and O–H groups in total. The molecular weight excluding hydrogens is 492 g/mol. The first-order valence-corrected chi connectivity index (χ1v) is 14.4. The highest BCUT2D eigenvalue weighted by Crippen LogP contribution is 2.42. The van der Waals surface area contributed by atoms with E-state index in [9.17, 15) is 9.90 Å². The molecule has 1 amide bonds. The van der Waals surface area contributed by atoms with E-state index >= 15 is 0 Å². The van der Waals surface area contributed by atoms with Gasteiger partial charge in [0.1, 0.15) is 17.7 Å². The minimum absolute atomic E-state index is 0.0415. The number of carbonyl (C=O) groups excluding carboxylic acids is 1. The van der Waals surface area contributed by atoms with Gasteiger partial charge in [-0.1, -0.05) is 26.2 Å². The number of rotatable bonds is 8. The molecule has 4 atom stereocenters. The van der Waals surface area contributed by atoms with E-state index in [1.54, 1.807) is 19.6 Å². The van der Waals surface area contributed by atoms with Crippen LogP contribution < -0.4 is 10.1 Å². The summed E-state index contributed by atoms with van der Waals surface area (Å²) in [6, 6.07) is 7.52. The van der Waals surface area contributed by atoms with Gasteiger partial charge in [0, 0.05) is 35.7 Å². The first-order chi connectivity index (χ1) is 19.0. The number of nitrogens with zero attached hydrogens (tertiary/aromatic N) is 3. The van der Waals surface area contributed by atoms with Gasteiger partial charge in [-0.3, -0.25) is 14.8 Å². The second-order valence-corrected chi connectivity index (χ2v) is 11.0. The Morgan fingerprint density at radius 2 is 1.97 bits per heavy atom. The van der Waals surface area contributed by atoms with E-state index in [-0.39, 0.29) is 29.7 Å². The molecule has 2 aliphatic carbocycles. The smallest absolute Gasteiger partial charge is 0.223 e. The summed E-state index contributed by atoms with van der Waals surface area (Å²) in [5.74, 6) is 1.58. The number of ether oxygens (including phenoxy) is 1. The lowest BCUT2D eigenvalue weighted by molar-refractivity contribution is -0.127. The van der Waals surface area contributed by atoms with Crippen LogP contribution in [0.2, 0.25) is 0 Å². The Balaban J connectivity index is 1.39. The first-order valence-electron chi connectivity index (χ1n) is 14.4. The van der Waals surface area contributed by atoms with Crippen LogP contribution in [0.3, 0.4) is 0 Å². The zero-order chi connectivity index (χ0) is 27.4. The molecule has 8 heteroatoms. The van der Waals surface area contributed by atoms with Gasteiger partial charge in [0.2, 0.25) is 5.91 Å². The summed E-state index contributed by atoms with van der Waals surface area (Å²) < 4.78 is 10.9. The normalized spacial score (nSPS) is 22.8. The highest BCUT2D eigenvalue weighted by Gasteiger charge is 2.37. The Kier molecular flexibility index (Phi) is 8.60. The predicted molar refractivity (Wildman–Crippen MR) is 148 cm³/mol. The van der Waals surface area contributed by atoms with Crippen LogP contribution >= 0.6 is 0 Å². The lowest BCUT2D eigenvalue weighted by Crippen LogP contribution is -2.41. The summed E-state index contributed by atoms with van der Waals surface area (Å²) in [4.78, 5) is 27.5. The van der Waals surface area contributed by atoms with Crippen LogP contribution in [0.25, 0.3) is 11.3 Å². The van der Waals surface area contributed by atoms with Crippen LogP contribution in [0.4, 0.5) is 0 Å². The third-order valence-electron chi connectivity index (χ3n) is 8.51. The molecule has 0 saturated heterocycles. The molecule has 2 fully saturated rings. The largest absolute Gasteiger partial charge is 0.495 e. The van der Waals surface area contributed by atoms with Gasteiger partial charge in [-0.25, -0.2) is 4.98 Å². The monoisotopic (exact) mass is 532 g/mol. The second kappa shape index (κ2) is 12.3. The van der Waals surface area contributed by atoms with Crippen molar-refractivity contribution in [3.63, 3.8) is 0 Å². The van der Waals surface area contributed by atoms with Crippen molar-refractivity contribution in [2.45, 2.75) is 89.7 Å². The van der Waals surface area contributed by atoms with E-state index < -0.39 is 6.10 Å². The Hall–Kier alpha value is -3.26. The summed E-state index contributed by atoms with van der Waals surface area (Å²) in [7, 11) is 1.64. The van der Waals surface area contributed by atoms with Gasteiger partial charge in [-0.05, 0) is 69.2 Å². The topological polar surface area (TPSA) is 110 Å². The molecule has 0 bridgehead atoms. The molecule has 2 aliphatic rings. The lowest BCUT2D eigenvalue weighted by Gasteiger charge is -2.38. The quantitative estimate of drug-likeness (QED) is 0.383. The molecule has 8 nitrogen and oxygen atoms in total. The molecular formula is C31H40N4O4. The number of aromatic nitrogens is 3. The molecule has 3 aromatic heterocycles. The van der Waals surface area contributed by atoms with Crippen LogP contribution in [0, 0.1) is 18.8 Å². The van der Waals surface area contributed by atoms with E-state index in [2.05, 4.69) is 10.3 Å². The van der Waals surface area contributed by atoms with Gasteiger partial charge in [-0.2, -0.15) is 0 Å². The van der Waals surface area contributed by atoms with Gasteiger partial charge >= 0.3 is 0 Å². The van der Waals surface area contributed by atoms with Crippen LogP contribution in [0.1, 0.15) is 93.2 Å². The summed E-state index contributed by atoms with van der Waals surface area (Å²) in [6.45, 7) is 3.93. The van der Waals surface area contributed by atoms with E-state index in [0.717, 1.165) is 79.0 Å². The number of aliphatic hydroxyl groups excluding tert-OH is 1. The Morgan fingerprint density at radius 3 is 2.67 bits per heavy atom. The number of hydrogen-bond donors (Lipinski definition) is 2. The molecule has 3 heterocycles. The number of amides is 1. The number of oxazole rings is 1. The number of nitrogens with one attached hydrogen (secondary N) is 1. The molecule has 0 aliphatic heterocycles. The molecule has 208 valence electrons. The maximum absolute atomic E-state index is 13.4. The maximum atomic E-state index is 13.4. The van der Waals surface area contributed by atoms with Crippen molar-refractivity contribution >= 4 is 5.91 Å². The fourth-order valence-electron chi connectivity index (χ4n) is 6.27. The van der Waals surface area contributed by atoms with Gasteiger partial charge in [0.25, 0.3) is 0 Å². The van der Waals surface area contributed by atoms with Gasteiger partial charge in [0.05, 0.1) is 30.6 Å². The molecule has 4 unspecified atom stereocenters. The molecule has 0 spiro atoms. The van der Waals surface area contributed by atoms with Crippen molar-refractivity contribution in [2.24, 2.45) is 11.8 Å². The van der Waals surface area contributed by atoms with Crippen LogP contribution in [0.15, 0.2) is 41.1 Å². The maximum Gasteiger partial charge on any atom is 0.223 e. The minimum atomic E-state index is -0.566. The number of pyridine rings is 2. The van der Waals surface area contributed by atoms with Gasteiger partial charge < -0.3 is 19.6 Å². The Bertz CT molecular complexity index is 1270. The van der Waals surface area contributed by atoms with Crippen molar-refractivity contribution in [2.75, 3.05) is 7.11 Å².